The van der Waals surface area contributed by atoms with E-state index in [1.54, 1.807) is 32.4 Å². The molecule has 4 amide bonds. The number of nitrogens with one attached hydrogen (secondary N) is 3. The minimum atomic E-state index is -0.734. The van der Waals surface area contributed by atoms with Crippen LogP contribution in [0.1, 0.15) is 110 Å². The topological polar surface area (TPSA) is 142 Å². The van der Waals surface area contributed by atoms with E-state index in [1.807, 2.05) is 44.1 Å². The molecule has 0 aromatic carbocycles. The molecule has 3 unspecified atom stereocenters. The molecule has 1 aromatic heterocycles. The second-order valence-corrected chi connectivity index (χ2v) is 17.4. The summed E-state index contributed by atoms with van der Waals surface area (Å²) in [5.41, 5.74) is -0.723. The van der Waals surface area contributed by atoms with E-state index < -0.39 is 35.7 Å². The summed E-state index contributed by atoms with van der Waals surface area (Å²) in [6, 6.07) is -1.68. The van der Waals surface area contributed by atoms with E-state index in [-0.39, 0.29) is 54.0 Å². The number of carbonyl (C=O) groups excluding carboxylic acids is 4. The first-order valence-electron chi connectivity index (χ1n) is 20.5. The third-order valence-corrected chi connectivity index (χ3v) is 13.2. The van der Waals surface area contributed by atoms with E-state index in [1.165, 1.54) is 11.3 Å². The Labute approximate surface area is 333 Å². The van der Waals surface area contributed by atoms with Crippen LogP contribution < -0.4 is 16.0 Å². The molecule has 3 heterocycles. The molecule has 0 radical (unpaired) electrons. The van der Waals surface area contributed by atoms with Gasteiger partial charge in [-0.1, -0.05) is 65.3 Å². The summed E-state index contributed by atoms with van der Waals surface area (Å²) in [6.45, 7) is 13.1. The van der Waals surface area contributed by atoms with Gasteiger partial charge < -0.3 is 35.2 Å². The monoisotopic (exact) mass is 784 g/mol. The minimum Gasteiger partial charge on any atom is -0.379 e. The van der Waals surface area contributed by atoms with E-state index in [2.05, 4.69) is 53.0 Å². The van der Waals surface area contributed by atoms with Gasteiger partial charge in [0.1, 0.15) is 11.0 Å². The number of likely N-dealkylation sites (tertiary alicyclic amines) is 1. The summed E-state index contributed by atoms with van der Waals surface area (Å²) in [5, 5.41) is 12.5. The van der Waals surface area contributed by atoms with Gasteiger partial charge in [-0.25, -0.2) is 4.98 Å². The van der Waals surface area contributed by atoms with Crippen molar-refractivity contribution in [3.63, 3.8) is 0 Å². The lowest BCUT2D eigenvalue weighted by atomic mass is 9.88. The summed E-state index contributed by atoms with van der Waals surface area (Å²) < 4.78 is 12.1. The molecule has 3 N–H and O–H groups in total. The predicted molar refractivity (Wildman–Crippen MR) is 217 cm³/mol. The van der Waals surface area contributed by atoms with Crippen molar-refractivity contribution >= 4 is 35.0 Å². The fourth-order valence-corrected chi connectivity index (χ4v) is 9.33. The number of rotatable bonds is 19. The number of ether oxygens (including phenoxy) is 2. The zero-order valence-electron chi connectivity index (χ0n) is 34.7. The van der Waals surface area contributed by atoms with Gasteiger partial charge in [0.2, 0.25) is 23.6 Å². The molecule has 2 aliphatic heterocycles. The van der Waals surface area contributed by atoms with Crippen LogP contribution in [0.2, 0.25) is 0 Å². The highest BCUT2D eigenvalue weighted by Crippen LogP contribution is 2.32. The molecule has 4 rings (SSSR count). The van der Waals surface area contributed by atoms with Crippen LogP contribution in [-0.2, 0) is 28.7 Å². The molecule has 55 heavy (non-hydrogen) atoms. The van der Waals surface area contributed by atoms with Gasteiger partial charge in [-0.2, -0.15) is 0 Å². The second-order valence-electron chi connectivity index (χ2n) is 16.5. The number of thiazole rings is 1. The summed E-state index contributed by atoms with van der Waals surface area (Å²) in [5.74, 6) is -0.975. The second kappa shape index (κ2) is 20.9. The lowest BCUT2D eigenvalue weighted by Crippen LogP contribution is -2.63. The Bertz CT molecular complexity index is 1460. The Morgan fingerprint density at radius 1 is 1.09 bits per heavy atom. The quantitative estimate of drug-likeness (QED) is 0.169. The van der Waals surface area contributed by atoms with Crippen LogP contribution in [0.5, 0.6) is 0 Å². The van der Waals surface area contributed by atoms with Crippen LogP contribution in [0.4, 0.5) is 0 Å². The Morgan fingerprint density at radius 2 is 1.85 bits per heavy atom. The Morgan fingerprint density at radius 3 is 2.44 bits per heavy atom. The Hall–Kier alpha value is -3.13. The van der Waals surface area contributed by atoms with Gasteiger partial charge in [-0.15, -0.1) is 11.3 Å². The van der Waals surface area contributed by atoms with Gasteiger partial charge in [0, 0.05) is 39.4 Å². The van der Waals surface area contributed by atoms with Gasteiger partial charge in [0.15, 0.2) is 0 Å². The van der Waals surface area contributed by atoms with Crippen molar-refractivity contribution in [1.82, 2.24) is 30.7 Å². The molecule has 0 saturated carbocycles. The number of hydrogen-bond donors (Lipinski definition) is 3. The Kier molecular flexibility index (Phi) is 16.9. The van der Waals surface area contributed by atoms with Crippen molar-refractivity contribution in [2.45, 2.75) is 141 Å². The highest BCUT2D eigenvalue weighted by molar-refractivity contribution is 7.09. The van der Waals surface area contributed by atoms with Gasteiger partial charge in [-0.3, -0.25) is 19.2 Å². The first kappa shape index (κ1) is 44.6. The number of methoxy groups -OCH3 is 2. The fourth-order valence-electron chi connectivity index (χ4n) is 8.63. The van der Waals surface area contributed by atoms with Crippen molar-refractivity contribution in [3.8, 4) is 0 Å². The highest BCUT2D eigenvalue weighted by atomic mass is 32.1. The van der Waals surface area contributed by atoms with Gasteiger partial charge in [0.25, 0.3) is 0 Å². The van der Waals surface area contributed by atoms with E-state index >= 15 is 0 Å². The molecule has 308 valence electrons. The number of amides is 4. The SMILES string of the molecule is CC[C@H](C)[C@@H]([C@@H](CC(=O)N1CCC[C@H]1C(OC)[C@@H](C)C(=O)N[C@@H](CC1C=CC=CC1)c1nccs1)OC)N(C)C(=O)[C@@H](NC(=O)C1(C)CCCCN1)C(C)C. The maximum atomic E-state index is 14.3. The molecule has 0 spiro atoms. The van der Waals surface area contributed by atoms with Gasteiger partial charge in [-0.05, 0) is 76.2 Å². The standard InChI is InChI=1S/C42H68N6O6S/c1-10-28(4)36(47(7)40(51)35(27(2)3)46-41(52)42(6)20-14-15-21-44-42)33(53-8)26-34(49)48-23-16-19-32(48)37(54-9)29(5)38(50)45-31(39-43-22-24-55-39)25-30-17-12-11-13-18-30/h11-13,17,22,24,27-33,35-37,44H,10,14-16,18-21,23,25-26H2,1-9H3,(H,45,50)(H,46,52)/t28-,29+,30?,31-,32-,33+,35-,36-,37?,42?/m0/s1. The predicted octanol–water partition coefficient (Wildman–Crippen LogP) is 5.42. The fraction of sp³-hybridized carbons (Fsp3) is 0.738. The van der Waals surface area contributed by atoms with E-state index in [9.17, 15) is 19.2 Å². The molecule has 12 nitrogen and oxygen atoms in total. The van der Waals surface area contributed by atoms with Crippen LogP contribution >= 0.6 is 11.3 Å². The number of aromatic nitrogens is 1. The van der Waals surface area contributed by atoms with E-state index in [0.717, 1.165) is 50.1 Å². The molecule has 0 bridgehead atoms. The van der Waals surface area contributed by atoms with Crippen LogP contribution in [0.3, 0.4) is 0 Å². The molecule has 1 aliphatic carbocycles. The molecule has 13 heteroatoms. The van der Waals surface area contributed by atoms with Crippen molar-refractivity contribution in [3.05, 3.63) is 40.9 Å². The molecular formula is C42H68N6O6S. The zero-order valence-corrected chi connectivity index (χ0v) is 35.5. The first-order valence-corrected chi connectivity index (χ1v) is 21.3. The lowest BCUT2D eigenvalue weighted by molar-refractivity contribution is -0.148. The normalized spacial score (nSPS) is 25.1. The van der Waals surface area contributed by atoms with Crippen molar-refractivity contribution < 1.29 is 28.7 Å². The number of nitrogens with zero attached hydrogens (tertiary/aromatic N) is 3. The number of allylic oxidation sites excluding steroid dienone is 4. The number of piperidine rings is 1. The third-order valence-electron chi connectivity index (χ3n) is 12.3. The molecule has 3 aliphatic rings. The highest BCUT2D eigenvalue weighted by Gasteiger charge is 2.44. The third kappa shape index (κ3) is 11.3. The number of carbonyl (C=O) groups is 4. The smallest absolute Gasteiger partial charge is 0.245 e. The summed E-state index contributed by atoms with van der Waals surface area (Å²) in [6.07, 6.45) is 15.8. The summed E-state index contributed by atoms with van der Waals surface area (Å²) in [4.78, 5) is 64.1. The van der Waals surface area contributed by atoms with Crippen LogP contribution in [-0.4, -0.2) is 109 Å². The number of likely N-dealkylation sites (N-methyl/N-ethyl adjacent to an activating group) is 1. The molecule has 2 fully saturated rings. The van der Waals surface area contributed by atoms with Gasteiger partial charge in [0.05, 0.1) is 48.2 Å². The van der Waals surface area contributed by atoms with E-state index in [4.69, 9.17) is 9.47 Å². The Balaban J connectivity index is 1.46. The average Bonchev–Trinajstić information content (AvgIpc) is 3.90. The van der Waals surface area contributed by atoms with Crippen LogP contribution in [0.25, 0.3) is 0 Å². The minimum absolute atomic E-state index is 0.00321. The average molecular weight is 785 g/mol. The largest absolute Gasteiger partial charge is 0.379 e. The van der Waals surface area contributed by atoms with Crippen LogP contribution in [0, 0.1) is 23.7 Å². The first-order chi connectivity index (χ1) is 26.3. The van der Waals surface area contributed by atoms with Crippen molar-refractivity contribution in [2.24, 2.45) is 23.7 Å². The molecule has 1 aromatic rings. The summed E-state index contributed by atoms with van der Waals surface area (Å²) >= 11 is 1.54. The van der Waals surface area contributed by atoms with Crippen molar-refractivity contribution in [2.75, 3.05) is 34.4 Å². The van der Waals surface area contributed by atoms with Gasteiger partial charge >= 0.3 is 0 Å². The van der Waals surface area contributed by atoms with E-state index in [0.29, 0.717) is 25.3 Å². The molecular weight excluding hydrogens is 717 g/mol. The number of hydrogen-bond acceptors (Lipinski definition) is 9. The lowest BCUT2D eigenvalue weighted by Gasteiger charge is -2.41. The van der Waals surface area contributed by atoms with Crippen molar-refractivity contribution in [1.29, 1.82) is 0 Å². The maximum Gasteiger partial charge on any atom is 0.245 e. The summed E-state index contributed by atoms with van der Waals surface area (Å²) in [7, 11) is 4.96. The molecule has 10 atom stereocenters. The van der Waals surface area contributed by atoms with Crippen LogP contribution in [0.15, 0.2) is 35.9 Å². The zero-order chi connectivity index (χ0) is 40.3. The maximum absolute atomic E-state index is 14.3. The molecule has 2 saturated heterocycles.